The van der Waals surface area contributed by atoms with E-state index in [1.165, 1.54) is 32.4 Å². The maximum Gasteiger partial charge on any atom is 0.421 e. The molecule has 0 bridgehead atoms. The molecule has 11 nitrogen and oxygen atoms in total. The number of ether oxygens (including phenoxy) is 1. The van der Waals surface area contributed by atoms with Crippen molar-refractivity contribution in [2.45, 2.75) is 19.6 Å². The van der Waals surface area contributed by atoms with Crippen molar-refractivity contribution in [1.82, 2.24) is 20.2 Å². The van der Waals surface area contributed by atoms with Gasteiger partial charge in [0, 0.05) is 38.4 Å². The number of benzene rings is 2. The number of methoxy groups -OCH3 is 1. The molecular formula is C27H34F3N7O4S. The van der Waals surface area contributed by atoms with Crippen molar-refractivity contribution in [2.24, 2.45) is 0 Å². The molecule has 0 fully saturated rings. The Morgan fingerprint density at radius 1 is 1.10 bits per heavy atom. The normalized spacial score (nSPS) is 11.8. The number of aryl methyl sites for hydroxylation is 1. The third-order valence-corrected chi connectivity index (χ3v) is 7.36. The van der Waals surface area contributed by atoms with Crippen molar-refractivity contribution in [3.63, 3.8) is 0 Å². The van der Waals surface area contributed by atoms with Gasteiger partial charge in [-0.2, -0.15) is 18.2 Å². The van der Waals surface area contributed by atoms with Gasteiger partial charge in [0.25, 0.3) is 5.91 Å². The van der Waals surface area contributed by atoms with E-state index < -0.39 is 27.6 Å². The Balaban J connectivity index is 1.89. The Morgan fingerprint density at radius 2 is 1.81 bits per heavy atom. The van der Waals surface area contributed by atoms with E-state index >= 15 is 0 Å². The van der Waals surface area contributed by atoms with Crippen LogP contribution >= 0.6 is 0 Å². The summed E-state index contributed by atoms with van der Waals surface area (Å²) in [5.74, 6) is -0.730. The molecule has 0 saturated carbocycles. The van der Waals surface area contributed by atoms with Gasteiger partial charge < -0.3 is 25.6 Å². The third-order valence-electron chi connectivity index (χ3n) is 6.17. The summed E-state index contributed by atoms with van der Waals surface area (Å²) < 4.78 is 72.2. The first-order valence-corrected chi connectivity index (χ1v) is 14.5. The number of sulfonamides is 1. The number of carbonyl (C=O) groups excluding carboxylic acids is 1. The molecule has 2 aromatic carbocycles. The molecule has 1 heterocycles. The molecule has 0 aliphatic heterocycles. The number of carbonyl (C=O) groups is 1. The van der Waals surface area contributed by atoms with Crippen LogP contribution in [0.3, 0.4) is 0 Å². The van der Waals surface area contributed by atoms with E-state index in [0.717, 1.165) is 16.1 Å². The van der Waals surface area contributed by atoms with E-state index in [9.17, 15) is 26.4 Å². The molecule has 0 aliphatic carbocycles. The summed E-state index contributed by atoms with van der Waals surface area (Å²) >= 11 is 0. The minimum absolute atomic E-state index is 0.157. The van der Waals surface area contributed by atoms with E-state index in [-0.39, 0.29) is 24.1 Å². The second-order valence-electron chi connectivity index (χ2n) is 9.77. The zero-order valence-corrected chi connectivity index (χ0v) is 24.9. The zero-order chi connectivity index (χ0) is 31.2. The second-order valence-corrected chi connectivity index (χ2v) is 11.8. The number of aromatic nitrogens is 2. The van der Waals surface area contributed by atoms with Crippen LogP contribution in [0, 0.1) is 6.92 Å². The summed E-state index contributed by atoms with van der Waals surface area (Å²) in [4.78, 5) is 22.3. The summed E-state index contributed by atoms with van der Waals surface area (Å²) in [7, 11) is 2.91. The fraction of sp³-hybridized carbons (Fsp3) is 0.370. The van der Waals surface area contributed by atoms with Crippen LogP contribution in [0.1, 0.15) is 27.0 Å². The van der Waals surface area contributed by atoms with E-state index in [1.54, 1.807) is 25.1 Å². The van der Waals surface area contributed by atoms with E-state index in [4.69, 9.17) is 4.74 Å². The fourth-order valence-corrected chi connectivity index (χ4v) is 4.34. The number of amides is 1. The largest absolute Gasteiger partial charge is 0.495 e. The third kappa shape index (κ3) is 8.45. The number of nitrogens with zero attached hydrogens (tertiary/aromatic N) is 4. The first-order chi connectivity index (χ1) is 19.6. The number of halogens is 3. The molecule has 15 heteroatoms. The number of hydrogen-bond donors (Lipinski definition) is 3. The van der Waals surface area contributed by atoms with Crippen LogP contribution in [0.5, 0.6) is 5.75 Å². The van der Waals surface area contributed by atoms with Crippen molar-refractivity contribution < 1.29 is 31.1 Å². The number of alkyl halides is 3. The predicted octanol–water partition coefficient (Wildman–Crippen LogP) is 3.86. The minimum Gasteiger partial charge on any atom is -0.495 e. The Morgan fingerprint density at radius 3 is 2.43 bits per heavy atom. The molecule has 42 heavy (non-hydrogen) atoms. The first kappa shape index (κ1) is 32.4. The molecule has 0 radical (unpaired) electrons. The van der Waals surface area contributed by atoms with Crippen LogP contribution in [0.25, 0.3) is 0 Å². The number of rotatable bonds is 12. The van der Waals surface area contributed by atoms with Gasteiger partial charge in [0.15, 0.2) is 0 Å². The van der Waals surface area contributed by atoms with Crippen LogP contribution in [-0.4, -0.2) is 76.8 Å². The van der Waals surface area contributed by atoms with Gasteiger partial charge in [0.05, 0.1) is 24.7 Å². The molecule has 1 amide bonds. The maximum absolute atomic E-state index is 13.8. The van der Waals surface area contributed by atoms with Crippen LogP contribution in [0.4, 0.5) is 36.3 Å². The summed E-state index contributed by atoms with van der Waals surface area (Å²) in [6.45, 7) is 2.72. The van der Waals surface area contributed by atoms with Gasteiger partial charge >= 0.3 is 6.18 Å². The standard InChI is InChI=1S/C27H34F3N7O4S/c1-17-7-8-19(22(13-17)37(4)42(6,39)40)15-32-24-20(27(28,29)30)16-33-26(35-24)34-21-10-9-18(14-23(21)41-5)25(38)31-11-12-36(2)3/h7-10,13-14,16H,11-12,15H2,1-6H3,(H,31,38)(H2,32,33,34,35). The Bertz CT molecular complexity index is 1530. The summed E-state index contributed by atoms with van der Waals surface area (Å²) in [6.07, 6.45) is -3.08. The van der Waals surface area contributed by atoms with Crippen molar-refractivity contribution in [3.05, 3.63) is 64.8 Å². The predicted molar refractivity (Wildman–Crippen MR) is 156 cm³/mol. The van der Waals surface area contributed by atoms with Crippen molar-refractivity contribution >= 4 is 39.1 Å². The van der Waals surface area contributed by atoms with Crippen molar-refractivity contribution in [1.29, 1.82) is 0 Å². The van der Waals surface area contributed by atoms with E-state index in [2.05, 4.69) is 25.9 Å². The van der Waals surface area contributed by atoms with Gasteiger partial charge in [-0.15, -0.1) is 0 Å². The van der Waals surface area contributed by atoms with Gasteiger partial charge in [-0.1, -0.05) is 12.1 Å². The lowest BCUT2D eigenvalue weighted by molar-refractivity contribution is -0.137. The maximum atomic E-state index is 13.8. The number of hydrogen-bond acceptors (Lipinski definition) is 9. The Kier molecular flexibility index (Phi) is 10.2. The highest BCUT2D eigenvalue weighted by molar-refractivity contribution is 7.92. The lowest BCUT2D eigenvalue weighted by atomic mass is 10.1. The topological polar surface area (TPSA) is 129 Å². The van der Waals surface area contributed by atoms with Crippen LogP contribution < -0.4 is 25.0 Å². The lowest BCUT2D eigenvalue weighted by Crippen LogP contribution is -2.31. The van der Waals surface area contributed by atoms with E-state index in [0.29, 0.717) is 41.8 Å². The monoisotopic (exact) mass is 609 g/mol. The second kappa shape index (κ2) is 13.2. The fourth-order valence-electron chi connectivity index (χ4n) is 3.81. The average Bonchev–Trinajstić information content (AvgIpc) is 2.90. The summed E-state index contributed by atoms with van der Waals surface area (Å²) in [5, 5.41) is 8.33. The van der Waals surface area contributed by atoms with Crippen LogP contribution in [0.15, 0.2) is 42.6 Å². The zero-order valence-electron chi connectivity index (χ0n) is 24.1. The molecule has 0 spiro atoms. The molecule has 0 atom stereocenters. The first-order valence-electron chi connectivity index (χ1n) is 12.7. The quantitative estimate of drug-likeness (QED) is 0.281. The Hall–Kier alpha value is -4.11. The summed E-state index contributed by atoms with van der Waals surface area (Å²) in [6, 6.07) is 9.56. The summed E-state index contributed by atoms with van der Waals surface area (Å²) in [5.41, 5.74) is 1.09. The van der Waals surface area contributed by atoms with Crippen molar-refractivity contribution in [2.75, 3.05) is 62.5 Å². The van der Waals surface area contributed by atoms with Crippen LogP contribution in [0.2, 0.25) is 0 Å². The Labute approximate surface area is 243 Å². The highest BCUT2D eigenvalue weighted by atomic mass is 32.2. The SMILES string of the molecule is COc1cc(C(=O)NCCN(C)C)ccc1Nc1ncc(C(F)(F)F)c(NCc2ccc(C)cc2N(C)S(C)(=O)=O)n1. The molecule has 1 aromatic heterocycles. The smallest absolute Gasteiger partial charge is 0.421 e. The number of likely N-dealkylation sites (N-methyl/N-ethyl adjacent to an activating group) is 1. The van der Waals surface area contributed by atoms with Gasteiger partial charge in [-0.05, 0) is 56.4 Å². The molecule has 0 unspecified atom stereocenters. The highest BCUT2D eigenvalue weighted by Crippen LogP contribution is 2.35. The number of anilines is 4. The molecular weight excluding hydrogens is 575 g/mol. The average molecular weight is 610 g/mol. The highest BCUT2D eigenvalue weighted by Gasteiger charge is 2.35. The molecule has 3 N–H and O–H groups in total. The van der Waals surface area contributed by atoms with Gasteiger partial charge in [0.2, 0.25) is 16.0 Å². The molecule has 0 saturated heterocycles. The lowest BCUT2D eigenvalue weighted by Gasteiger charge is -2.22. The minimum atomic E-state index is -4.76. The van der Waals surface area contributed by atoms with E-state index in [1.807, 2.05) is 19.0 Å². The molecule has 3 aromatic rings. The van der Waals surface area contributed by atoms with Gasteiger partial charge in [-0.3, -0.25) is 9.10 Å². The number of nitrogens with one attached hydrogen (secondary N) is 3. The molecule has 3 rings (SSSR count). The van der Waals surface area contributed by atoms with Gasteiger partial charge in [-0.25, -0.2) is 13.4 Å². The molecule has 0 aliphatic rings. The van der Waals surface area contributed by atoms with Crippen molar-refractivity contribution in [3.8, 4) is 5.75 Å². The van der Waals surface area contributed by atoms with Crippen LogP contribution in [-0.2, 0) is 22.7 Å². The van der Waals surface area contributed by atoms with Gasteiger partial charge in [0.1, 0.15) is 17.1 Å². The molecule has 228 valence electrons.